The molecule has 0 spiro atoms. The maximum absolute atomic E-state index is 13.3. The van der Waals surface area contributed by atoms with Gasteiger partial charge in [-0.05, 0) is 40.0 Å². The van der Waals surface area contributed by atoms with Crippen LogP contribution >= 0.6 is 0 Å². The van der Waals surface area contributed by atoms with E-state index in [1.54, 1.807) is 4.90 Å². The van der Waals surface area contributed by atoms with Gasteiger partial charge in [0.25, 0.3) is 0 Å². The second-order valence-corrected chi connectivity index (χ2v) is 10.8. The van der Waals surface area contributed by atoms with Crippen LogP contribution in [0.3, 0.4) is 0 Å². The van der Waals surface area contributed by atoms with Crippen molar-refractivity contribution in [2.45, 2.75) is 46.1 Å². The molecule has 0 saturated carbocycles. The summed E-state index contributed by atoms with van der Waals surface area (Å²) in [7, 11) is 0. The maximum Gasteiger partial charge on any atom is 0.407 e. The Balaban J connectivity index is 1.44. The molecular formula is C28H34N2O5. The van der Waals surface area contributed by atoms with Crippen LogP contribution in [0.25, 0.3) is 11.1 Å². The van der Waals surface area contributed by atoms with Gasteiger partial charge in [0.15, 0.2) is 0 Å². The highest BCUT2D eigenvalue weighted by atomic mass is 16.5. The lowest BCUT2D eigenvalue weighted by atomic mass is 9.82. The normalized spacial score (nSPS) is 19.2. The van der Waals surface area contributed by atoms with Crippen LogP contribution in [-0.2, 0) is 14.3 Å². The monoisotopic (exact) mass is 478 g/mol. The van der Waals surface area contributed by atoms with Crippen LogP contribution in [0.15, 0.2) is 48.5 Å². The number of carboxylic acid groups (broad SMARTS) is 1. The molecular weight excluding hydrogens is 444 g/mol. The summed E-state index contributed by atoms with van der Waals surface area (Å²) in [5.41, 5.74) is 4.00. The minimum Gasteiger partial charge on any atom is -0.481 e. The first-order chi connectivity index (χ1) is 16.6. The number of alkyl carbamates (subject to hydrolysis) is 1. The number of aliphatic carboxylic acids is 1. The average molecular weight is 479 g/mol. The minimum atomic E-state index is -0.907. The number of hydrogen-bond donors (Lipinski definition) is 2. The summed E-state index contributed by atoms with van der Waals surface area (Å²) in [6.07, 6.45) is -0.198. The topological polar surface area (TPSA) is 95.9 Å². The van der Waals surface area contributed by atoms with E-state index in [0.717, 1.165) is 22.3 Å². The van der Waals surface area contributed by atoms with Crippen LogP contribution in [0.4, 0.5) is 4.79 Å². The Morgan fingerprint density at radius 1 is 1.06 bits per heavy atom. The highest BCUT2D eigenvalue weighted by Gasteiger charge is 2.46. The summed E-state index contributed by atoms with van der Waals surface area (Å²) in [5.74, 6) is -1.72. The Kier molecular flexibility index (Phi) is 6.88. The summed E-state index contributed by atoms with van der Waals surface area (Å²) in [4.78, 5) is 39.4. The Morgan fingerprint density at radius 2 is 1.63 bits per heavy atom. The molecule has 35 heavy (non-hydrogen) atoms. The largest absolute Gasteiger partial charge is 0.481 e. The summed E-state index contributed by atoms with van der Waals surface area (Å²) in [5, 5.41) is 12.3. The quantitative estimate of drug-likeness (QED) is 0.611. The van der Waals surface area contributed by atoms with Crippen molar-refractivity contribution in [3.8, 4) is 11.1 Å². The molecule has 2 aromatic carbocycles. The van der Waals surface area contributed by atoms with Crippen LogP contribution < -0.4 is 5.32 Å². The van der Waals surface area contributed by atoms with Crippen LogP contribution in [0.1, 0.15) is 51.2 Å². The van der Waals surface area contributed by atoms with Gasteiger partial charge < -0.3 is 20.1 Å². The highest BCUT2D eigenvalue weighted by molar-refractivity contribution is 5.87. The average Bonchev–Trinajstić information content (AvgIpc) is 3.30. The molecule has 1 heterocycles. The number of ether oxygens (including phenoxy) is 1. The predicted octanol–water partition coefficient (Wildman–Crippen LogP) is 4.51. The molecule has 1 saturated heterocycles. The third kappa shape index (κ3) is 5.04. The van der Waals surface area contributed by atoms with E-state index in [9.17, 15) is 19.5 Å². The van der Waals surface area contributed by atoms with Crippen molar-refractivity contribution < 1.29 is 24.2 Å². The fourth-order valence-corrected chi connectivity index (χ4v) is 5.41. The minimum absolute atomic E-state index is 0.0666. The van der Waals surface area contributed by atoms with Crippen LogP contribution in [0, 0.1) is 17.3 Å². The molecule has 0 bridgehead atoms. The molecule has 1 fully saturated rings. The Labute approximate surface area is 206 Å². The van der Waals surface area contributed by atoms with Crippen molar-refractivity contribution in [1.82, 2.24) is 10.2 Å². The highest BCUT2D eigenvalue weighted by Crippen LogP contribution is 2.44. The smallest absolute Gasteiger partial charge is 0.407 e. The number of hydrogen-bond acceptors (Lipinski definition) is 4. The SMILES string of the molecule is CC(C)C[C@H](NC(=O)OCC1c2ccccc2-c2ccccc21)C(=O)N1CC(C(=O)O)C(C)(C)C1. The first kappa shape index (κ1) is 24.8. The second-order valence-electron chi connectivity index (χ2n) is 10.8. The standard InChI is InChI=1S/C28H34N2O5/c1-17(2)13-24(25(31)30-14-23(26(32)33)28(3,4)16-30)29-27(34)35-15-22-20-11-7-5-9-18(20)19-10-6-8-12-21(19)22/h5-12,17,22-24H,13-16H2,1-4H3,(H,29,34)(H,32,33)/t23?,24-/m0/s1. The molecule has 186 valence electrons. The van der Waals surface area contributed by atoms with Crippen LogP contribution in [0.5, 0.6) is 0 Å². The van der Waals surface area contributed by atoms with E-state index in [-0.39, 0.29) is 30.9 Å². The van der Waals surface area contributed by atoms with Crippen molar-refractivity contribution in [3.63, 3.8) is 0 Å². The van der Waals surface area contributed by atoms with E-state index in [2.05, 4.69) is 29.6 Å². The van der Waals surface area contributed by atoms with E-state index >= 15 is 0 Å². The number of amides is 2. The maximum atomic E-state index is 13.3. The van der Waals surface area contributed by atoms with Gasteiger partial charge >= 0.3 is 12.1 Å². The summed E-state index contributed by atoms with van der Waals surface area (Å²) >= 11 is 0. The Morgan fingerprint density at radius 3 is 2.14 bits per heavy atom. The van der Waals surface area contributed by atoms with Gasteiger partial charge in [-0.15, -0.1) is 0 Å². The molecule has 4 rings (SSSR count). The van der Waals surface area contributed by atoms with Crippen molar-refractivity contribution in [3.05, 3.63) is 59.7 Å². The second kappa shape index (κ2) is 9.72. The number of nitrogens with one attached hydrogen (secondary N) is 1. The van der Waals surface area contributed by atoms with Crippen LogP contribution in [-0.4, -0.2) is 53.7 Å². The lowest BCUT2D eigenvalue weighted by Gasteiger charge is -2.26. The van der Waals surface area contributed by atoms with Gasteiger partial charge in [-0.3, -0.25) is 9.59 Å². The number of fused-ring (bicyclic) bond motifs is 3. The van der Waals surface area contributed by atoms with Crippen LogP contribution in [0.2, 0.25) is 0 Å². The zero-order valence-corrected chi connectivity index (χ0v) is 20.8. The number of nitrogens with zero attached hydrogens (tertiary/aromatic N) is 1. The third-order valence-corrected chi connectivity index (χ3v) is 7.20. The van der Waals surface area contributed by atoms with Gasteiger partial charge in [0.05, 0.1) is 5.92 Å². The molecule has 2 aromatic rings. The van der Waals surface area contributed by atoms with Gasteiger partial charge in [-0.25, -0.2) is 4.79 Å². The molecule has 2 atom stereocenters. The number of rotatable bonds is 7. The third-order valence-electron chi connectivity index (χ3n) is 7.20. The molecule has 1 aliphatic carbocycles. The molecule has 0 aromatic heterocycles. The van der Waals surface area contributed by atoms with E-state index in [0.29, 0.717) is 13.0 Å². The van der Waals surface area contributed by atoms with E-state index in [4.69, 9.17) is 4.74 Å². The molecule has 2 N–H and O–H groups in total. The summed E-state index contributed by atoms with van der Waals surface area (Å²) in [6.45, 7) is 8.32. The van der Waals surface area contributed by atoms with Crippen molar-refractivity contribution in [2.75, 3.05) is 19.7 Å². The zero-order chi connectivity index (χ0) is 25.3. The first-order valence-corrected chi connectivity index (χ1v) is 12.2. The van der Waals surface area contributed by atoms with Gasteiger partial charge in [-0.1, -0.05) is 76.2 Å². The van der Waals surface area contributed by atoms with Gasteiger partial charge in [0, 0.05) is 19.0 Å². The molecule has 2 amide bonds. The fourth-order valence-electron chi connectivity index (χ4n) is 5.41. The van der Waals surface area contributed by atoms with E-state index < -0.39 is 29.4 Å². The van der Waals surface area contributed by atoms with Gasteiger partial charge in [-0.2, -0.15) is 0 Å². The predicted molar refractivity (Wildman–Crippen MR) is 133 cm³/mol. The molecule has 0 radical (unpaired) electrons. The zero-order valence-electron chi connectivity index (χ0n) is 20.8. The van der Waals surface area contributed by atoms with Gasteiger partial charge in [0.1, 0.15) is 12.6 Å². The van der Waals surface area contributed by atoms with Crippen molar-refractivity contribution in [2.24, 2.45) is 17.3 Å². The number of likely N-dealkylation sites (tertiary alicyclic amines) is 1. The lowest BCUT2D eigenvalue weighted by molar-refractivity contribution is -0.144. The van der Waals surface area contributed by atoms with Crippen molar-refractivity contribution >= 4 is 18.0 Å². The summed E-state index contributed by atoms with van der Waals surface area (Å²) < 4.78 is 5.65. The summed E-state index contributed by atoms with van der Waals surface area (Å²) in [6, 6.07) is 15.5. The van der Waals surface area contributed by atoms with Crippen molar-refractivity contribution in [1.29, 1.82) is 0 Å². The molecule has 7 nitrogen and oxygen atoms in total. The van der Waals surface area contributed by atoms with Gasteiger partial charge in [0.2, 0.25) is 5.91 Å². The van der Waals surface area contributed by atoms with E-state index in [1.807, 2.05) is 52.0 Å². The molecule has 1 unspecified atom stereocenters. The molecule has 7 heteroatoms. The Hall–Kier alpha value is -3.35. The van der Waals surface area contributed by atoms with E-state index in [1.165, 1.54) is 0 Å². The number of carbonyl (C=O) groups is 3. The lowest BCUT2D eigenvalue weighted by Crippen LogP contribution is -2.49. The number of carboxylic acids is 1. The Bertz CT molecular complexity index is 1080. The number of carbonyl (C=O) groups excluding carboxylic acids is 2. The molecule has 1 aliphatic heterocycles. The molecule has 2 aliphatic rings. The fraction of sp³-hybridized carbons (Fsp3) is 0.464. The first-order valence-electron chi connectivity index (χ1n) is 12.2. The number of benzene rings is 2.